The van der Waals surface area contributed by atoms with E-state index in [2.05, 4.69) is 0 Å². The Bertz CT molecular complexity index is 397. The molecule has 1 fully saturated rings. The van der Waals surface area contributed by atoms with Crippen LogP contribution in [0.3, 0.4) is 0 Å². The summed E-state index contributed by atoms with van der Waals surface area (Å²) in [5.41, 5.74) is 1.47. The molecule has 2 unspecified atom stereocenters. The molecule has 1 aliphatic rings. The lowest BCUT2D eigenvalue weighted by molar-refractivity contribution is -0.151. The quantitative estimate of drug-likeness (QED) is 0.804. The molecule has 1 aliphatic carbocycles. The molecule has 15 heavy (non-hydrogen) atoms. The van der Waals surface area contributed by atoms with Crippen LogP contribution in [-0.2, 0) is 10.2 Å². The fraction of sp³-hybridized carbons (Fsp3) is 0.462. The largest absolute Gasteiger partial charge is 0.481 e. The van der Waals surface area contributed by atoms with Crippen molar-refractivity contribution < 1.29 is 9.90 Å². The maximum Gasteiger partial charge on any atom is 0.314 e. The SMILES string of the molecule is Cc1ccccc1C1(C(=O)O)CCC1C. The van der Waals surface area contributed by atoms with Gasteiger partial charge in [0.25, 0.3) is 0 Å². The summed E-state index contributed by atoms with van der Waals surface area (Å²) in [6.07, 6.45) is 1.79. The maximum absolute atomic E-state index is 11.5. The first-order valence-corrected chi connectivity index (χ1v) is 5.38. The number of benzene rings is 1. The number of aryl methyl sites for hydroxylation is 1. The molecule has 2 rings (SSSR count). The second-order valence-electron chi connectivity index (χ2n) is 4.53. The highest BCUT2D eigenvalue weighted by Crippen LogP contribution is 2.49. The minimum Gasteiger partial charge on any atom is -0.481 e. The average molecular weight is 204 g/mol. The van der Waals surface area contributed by atoms with Crippen molar-refractivity contribution in [2.45, 2.75) is 32.1 Å². The highest BCUT2D eigenvalue weighted by atomic mass is 16.4. The number of carboxylic acids is 1. The van der Waals surface area contributed by atoms with Gasteiger partial charge in [0, 0.05) is 0 Å². The highest BCUT2D eigenvalue weighted by molar-refractivity contribution is 5.83. The molecule has 0 radical (unpaired) electrons. The maximum atomic E-state index is 11.5. The number of carboxylic acid groups (broad SMARTS) is 1. The standard InChI is InChI=1S/C13H16O2/c1-9-5-3-4-6-11(9)13(12(14)15)8-7-10(13)2/h3-6,10H,7-8H2,1-2H3,(H,14,15). The Morgan fingerprint density at radius 2 is 2.13 bits per heavy atom. The van der Waals surface area contributed by atoms with Crippen LogP contribution in [-0.4, -0.2) is 11.1 Å². The molecule has 0 bridgehead atoms. The average Bonchev–Trinajstić information content (AvgIpc) is 2.19. The van der Waals surface area contributed by atoms with E-state index in [1.165, 1.54) is 0 Å². The van der Waals surface area contributed by atoms with Crippen LogP contribution in [0.4, 0.5) is 0 Å². The van der Waals surface area contributed by atoms with Crippen LogP contribution in [0.5, 0.6) is 0 Å². The summed E-state index contributed by atoms with van der Waals surface area (Å²) in [6, 6.07) is 7.83. The molecule has 0 spiro atoms. The normalized spacial score (nSPS) is 29.6. The summed E-state index contributed by atoms with van der Waals surface area (Å²) in [6.45, 7) is 4.02. The van der Waals surface area contributed by atoms with Crippen LogP contribution < -0.4 is 0 Å². The molecule has 0 heterocycles. The second kappa shape index (κ2) is 3.37. The van der Waals surface area contributed by atoms with E-state index >= 15 is 0 Å². The van der Waals surface area contributed by atoms with Crippen molar-refractivity contribution in [1.29, 1.82) is 0 Å². The van der Waals surface area contributed by atoms with Gasteiger partial charge < -0.3 is 5.11 Å². The number of carbonyl (C=O) groups is 1. The van der Waals surface area contributed by atoms with Crippen LogP contribution in [0.1, 0.15) is 30.9 Å². The molecule has 0 saturated heterocycles. The molecule has 80 valence electrons. The Hall–Kier alpha value is -1.31. The van der Waals surface area contributed by atoms with E-state index in [1.807, 2.05) is 38.1 Å². The van der Waals surface area contributed by atoms with E-state index in [-0.39, 0.29) is 5.92 Å². The minimum atomic E-state index is -0.671. The van der Waals surface area contributed by atoms with Gasteiger partial charge in [-0.25, -0.2) is 0 Å². The first kappa shape index (κ1) is 10.2. The lowest BCUT2D eigenvalue weighted by Gasteiger charge is -2.45. The van der Waals surface area contributed by atoms with Crippen LogP contribution in [0, 0.1) is 12.8 Å². The van der Waals surface area contributed by atoms with Crippen molar-refractivity contribution in [2.75, 3.05) is 0 Å². The Balaban J connectivity index is 2.52. The molecule has 0 aliphatic heterocycles. The Labute approximate surface area is 89.9 Å². The third-order valence-electron chi connectivity index (χ3n) is 3.82. The Morgan fingerprint density at radius 1 is 1.47 bits per heavy atom. The summed E-state index contributed by atoms with van der Waals surface area (Å²) in [5.74, 6) is -0.424. The first-order chi connectivity index (χ1) is 7.09. The van der Waals surface area contributed by atoms with E-state index < -0.39 is 11.4 Å². The number of aliphatic carboxylic acids is 1. The van der Waals surface area contributed by atoms with Crippen LogP contribution in [0.15, 0.2) is 24.3 Å². The summed E-state index contributed by atoms with van der Waals surface area (Å²) < 4.78 is 0. The van der Waals surface area contributed by atoms with Crippen LogP contribution in [0.2, 0.25) is 0 Å². The smallest absolute Gasteiger partial charge is 0.314 e. The zero-order chi connectivity index (χ0) is 11.1. The summed E-state index contributed by atoms with van der Waals surface area (Å²) in [5, 5.41) is 9.43. The van der Waals surface area contributed by atoms with Crippen molar-refractivity contribution in [3.05, 3.63) is 35.4 Å². The van der Waals surface area contributed by atoms with Crippen molar-refractivity contribution in [1.82, 2.24) is 0 Å². The van der Waals surface area contributed by atoms with Gasteiger partial charge in [0.15, 0.2) is 0 Å². The molecule has 2 atom stereocenters. The number of hydrogen-bond donors (Lipinski definition) is 1. The van der Waals surface area contributed by atoms with Gasteiger partial charge in [0.05, 0.1) is 5.41 Å². The zero-order valence-electron chi connectivity index (χ0n) is 9.16. The third kappa shape index (κ3) is 1.28. The summed E-state index contributed by atoms with van der Waals surface area (Å²) in [7, 11) is 0. The van der Waals surface area contributed by atoms with Gasteiger partial charge >= 0.3 is 5.97 Å². The Morgan fingerprint density at radius 3 is 2.53 bits per heavy atom. The van der Waals surface area contributed by atoms with Gasteiger partial charge in [0.1, 0.15) is 0 Å². The summed E-state index contributed by atoms with van der Waals surface area (Å²) >= 11 is 0. The van der Waals surface area contributed by atoms with E-state index in [9.17, 15) is 9.90 Å². The minimum absolute atomic E-state index is 0.246. The summed E-state index contributed by atoms with van der Waals surface area (Å²) in [4.78, 5) is 11.5. The molecule has 1 aromatic rings. The molecule has 2 heteroatoms. The third-order valence-corrected chi connectivity index (χ3v) is 3.82. The van der Waals surface area contributed by atoms with Gasteiger partial charge in [-0.1, -0.05) is 31.2 Å². The van der Waals surface area contributed by atoms with Gasteiger partial charge in [-0.2, -0.15) is 0 Å². The van der Waals surface area contributed by atoms with Gasteiger partial charge in [-0.05, 0) is 36.8 Å². The van der Waals surface area contributed by atoms with Gasteiger partial charge in [-0.15, -0.1) is 0 Å². The molecule has 1 saturated carbocycles. The second-order valence-corrected chi connectivity index (χ2v) is 4.53. The molecule has 0 aromatic heterocycles. The van der Waals surface area contributed by atoms with E-state index in [0.717, 1.165) is 24.0 Å². The fourth-order valence-electron chi connectivity index (χ4n) is 2.63. The van der Waals surface area contributed by atoms with Crippen LogP contribution >= 0.6 is 0 Å². The fourth-order valence-corrected chi connectivity index (χ4v) is 2.63. The predicted octanol–water partition coefficient (Wildman–Crippen LogP) is 2.75. The van der Waals surface area contributed by atoms with Crippen LogP contribution in [0.25, 0.3) is 0 Å². The van der Waals surface area contributed by atoms with E-state index in [4.69, 9.17) is 0 Å². The van der Waals surface area contributed by atoms with Crippen molar-refractivity contribution in [2.24, 2.45) is 5.92 Å². The zero-order valence-corrected chi connectivity index (χ0v) is 9.16. The lowest BCUT2D eigenvalue weighted by atomic mass is 9.56. The molecule has 2 nitrogen and oxygen atoms in total. The monoisotopic (exact) mass is 204 g/mol. The van der Waals surface area contributed by atoms with Crippen molar-refractivity contribution in [3.8, 4) is 0 Å². The highest BCUT2D eigenvalue weighted by Gasteiger charge is 2.52. The topological polar surface area (TPSA) is 37.3 Å². The molecular weight excluding hydrogens is 188 g/mol. The molecule has 1 aromatic carbocycles. The van der Waals surface area contributed by atoms with Gasteiger partial charge in [0.2, 0.25) is 0 Å². The first-order valence-electron chi connectivity index (χ1n) is 5.38. The lowest BCUT2D eigenvalue weighted by Crippen LogP contribution is -2.49. The van der Waals surface area contributed by atoms with Gasteiger partial charge in [-0.3, -0.25) is 4.79 Å². The predicted molar refractivity (Wildman–Crippen MR) is 58.9 cm³/mol. The van der Waals surface area contributed by atoms with Crippen molar-refractivity contribution >= 4 is 5.97 Å². The molecular formula is C13H16O2. The number of rotatable bonds is 2. The molecule has 0 amide bonds. The van der Waals surface area contributed by atoms with Crippen molar-refractivity contribution in [3.63, 3.8) is 0 Å². The van der Waals surface area contributed by atoms with E-state index in [1.54, 1.807) is 0 Å². The van der Waals surface area contributed by atoms with E-state index in [0.29, 0.717) is 0 Å². The Kier molecular flexibility index (Phi) is 2.29. The molecule has 1 N–H and O–H groups in total. The number of hydrogen-bond acceptors (Lipinski definition) is 1.